The summed E-state index contributed by atoms with van der Waals surface area (Å²) in [5, 5.41) is 0.747. The van der Waals surface area contributed by atoms with Gasteiger partial charge in [0.15, 0.2) is 0 Å². The van der Waals surface area contributed by atoms with Crippen molar-refractivity contribution in [2.24, 2.45) is 11.7 Å². The Bertz CT molecular complexity index is 520. The molecule has 1 aliphatic heterocycles. The van der Waals surface area contributed by atoms with Crippen molar-refractivity contribution in [3.05, 3.63) is 34.9 Å². The Morgan fingerprint density at radius 1 is 1.09 bits per heavy atom. The molecule has 3 atom stereocenters. The molecule has 1 amide bonds. The van der Waals surface area contributed by atoms with Crippen LogP contribution < -0.4 is 5.73 Å². The van der Waals surface area contributed by atoms with Gasteiger partial charge in [-0.1, -0.05) is 36.6 Å². The highest BCUT2D eigenvalue weighted by atomic mass is 35.5. The maximum Gasteiger partial charge on any atom is 0.226 e. The maximum atomic E-state index is 13.0. The van der Waals surface area contributed by atoms with E-state index in [1.54, 1.807) is 0 Å². The number of carbonyl (C=O) groups excluding carboxylic acids is 1. The number of hydrogen-bond donors (Lipinski definition) is 1. The first-order chi connectivity index (χ1) is 10.6. The summed E-state index contributed by atoms with van der Waals surface area (Å²) in [5.41, 5.74) is 7.21. The van der Waals surface area contributed by atoms with E-state index in [-0.39, 0.29) is 30.4 Å². The highest BCUT2D eigenvalue weighted by Crippen LogP contribution is 2.35. The summed E-state index contributed by atoms with van der Waals surface area (Å²) in [5.74, 6) is 0.442. The first kappa shape index (κ1) is 18.6. The molecule has 3 unspecified atom stereocenters. The summed E-state index contributed by atoms with van der Waals surface area (Å²) in [4.78, 5) is 15.1. The van der Waals surface area contributed by atoms with Gasteiger partial charge in [-0.3, -0.25) is 4.79 Å². The number of carbonyl (C=O) groups is 1. The van der Waals surface area contributed by atoms with E-state index >= 15 is 0 Å². The molecular formula is C18H26Cl2N2O. The van der Waals surface area contributed by atoms with Gasteiger partial charge in [0.05, 0.1) is 6.04 Å². The number of nitrogens with two attached hydrogens (primary N) is 1. The fourth-order valence-electron chi connectivity index (χ4n) is 3.88. The largest absolute Gasteiger partial charge is 0.335 e. The minimum atomic E-state index is 0. The van der Waals surface area contributed by atoms with Crippen LogP contribution in [0.25, 0.3) is 0 Å². The van der Waals surface area contributed by atoms with Gasteiger partial charge < -0.3 is 10.6 Å². The first-order valence-electron chi connectivity index (χ1n) is 8.46. The Hall–Kier alpha value is -0.770. The molecule has 2 fully saturated rings. The smallest absolute Gasteiger partial charge is 0.226 e. The average Bonchev–Trinajstić information content (AvgIpc) is 2.81. The predicted molar refractivity (Wildman–Crippen MR) is 96.9 cm³/mol. The van der Waals surface area contributed by atoms with Crippen LogP contribution in [0.15, 0.2) is 24.3 Å². The normalized spacial score (nSPS) is 28.1. The van der Waals surface area contributed by atoms with E-state index in [0.29, 0.717) is 5.91 Å². The second-order valence-electron chi connectivity index (χ2n) is 6.72. The molecule has 5 heteroatoms. The Kier molecular flexibility index (Phi) is 6.75. The van der Waals surface area contributed by atoms with Crippen LogP contribution in [0.1, 0.15) is 56.6 Å². The van der Waals surface area contributed by atoms with Crippen LogP contribution in [0.2, 0.25) is 5.02 Å². The molecule has 128 valence electrons. The van der Waals surface area contributed by atoms with Crippen LogP contribution in [0.4, 0.5) is 0 Å². The fraction of sp³-hybridized carbons (Fsp3) is 0.611. The van der Waals surface area contributed by atoms with E-state index < -0.39 is 0 Å². The molecule has 2 N–H and O–H groups in total. The van der Waals surface area contributed by atoms with Crippen molar-refractivity contribution in [3.63, 3.8) is 0 Å². The van der Waals surface area contributed by atoms with Gasteiger partial charge in [-0.05, 0) is 49.8 Å². The van der Waals surface area contributed by atoms with E-state index in [9.17, 15) is 4.79 Å². The van der Waals surface area contributed by atoms with Crippen molar-refractivity contribution in [2.75, 3.05) is 6.54 Å². The molecular weight excluding hydrogens is 331 g/mol. The van der Waals surface area contributed by atoms with Gasteiger partial charge >= 0.3 is 0 Å². The van der Waals surface area contributed by atoms with Crippen molar-refractivity contribution >= 4 is 29.9 Å². The Morgan fingerprint density at radius 3 is 2.48 bits per heavy atom. The topological polar surface area (TPSA) is 46.3 Å². The lowest BCUT2D eigenvalue weighted by Gasteiger charge is -2.32. The molecule has 1 saturated heterocycles. The molecule has 1 saturated carbocycles. The van der Waals surface area contributed by atoms with Crippen molar-refractivity contribution in [3.8, 4) is 0 Å². The zero-order valence-electron chi connectivity index (χ0n) is 13.4. The third-order valence-corrected chi connectivity index (χ3v) is 5.37. The van der Waals surface area contributed by atoms with Crippen LogP contribution in [-0.4, -0.2) is 23.4 Å². The Labute approximate surface area is 150 Å². The van der Waals surface area contributed by atoms with Crippen LogP contribution in [0.5, 0.6) is 0 Å². The molecule has 0 bridgehead atoms. The molecule has 23 heavy (non-hydrogen) atoms. The predicted octanol–water partition coefficient (Wildman–Crippen LogP) is 4.33. The molecule has 1 aromatic carbocycles. The van der Waals surface area contributed by atoms with Gasteiger partial charge in [-0.2, -0.15) is 0 Å². The summed E-state index contributed by atoms with van der Waals surface area (Å²) in [6, 6.07) is 8.39. The van der Waals surface area contributed by atoms with Crippen molar-refractivity contribution in [1.82, 2.24) is 4.90 Å². The SMILES string of the molecule is Cl.NC1CCC(C(=O)N2CCCCCC2c2ccc(Cl)cc2)C1. The van der Waals surface area contributed by atoms with Crippen LogP contribution in [0, 0.1) is 5.92 Å². The zero-order valence-corrected chi connectivity index (χ0v) is 15.0. The molecule has 1 aromatic rings. The van der Waals surface area contributed by atoms with Gasteiger partial charge in [0, 0.05) is 23.5 Å². The quantitative estimate of drug-likeness (QED) is 0.856. The van der Waals surface area contributed by atoms with Gasteiger partial charge in [0.2, 0.25) is 5.91 Å². The highest BCUT2D eigenvalue weighted by molar-refractivity contribution is 6.30. The third-order valence-electron chi connectivity index (χ3n) is 5.11. The van der Waals surface area contributed by atoms with E-state index in [2.05, 4.69) is 17.0 Å². The number of nitrogens with zero attached hydrogens (tertiary/aromatic N) is 1. The molecule has 1 aliphatic carbocycles. The summed E-state index contributed by atoms with van der Waals surface area (Å²) >= 11 is 6.01. The number of rotatable bonds is 2. The molecule has 0 aromatic heterocycles. The van der Waals surface area contributed by atoms with Gasteiger partial charge in [-0.15, -0.1) is 12.4 Å². The van der Waals surface area contributed by atoms with Crippen molar-refractivity contribution < 1.29 is 4.79 Å². The number of hydrogen-bond acceptors (Lipinski definition) is 2. The van der Waals surface area contributed by atoms with Crippen molar-refractivity contribution in [2.45, 2.75) is 57.0 Å². The van der Waals surface area contributed by atoms with Crippen molar-refractivity contribution in [1.29, 1.82) is 0 Å². The second kappa shape index (κ2) is 8.36. The molecule has 3 rings (SSSR count). The molecule has 3 nitrogen and oxygen atoms in total. The molecule has 0 radical (unpaired) electrons. The number of benzene rings is 1. The molecule has 2 aliphatic rings. The maximum absolute atomic E-state index is 13.0. The summed E-state index contributed by atoms with van der Waals surface area (Å²) in [7, 11) is 0. The second-order valence-corrected chi connectivity index (χ2v) is 7.15. The molecule has 1 heterocycles. The van der Waals surface area contributed by atoms with Gasteiger partial charge in [-0.25, -0.2) is 0 Å². The lowest BCUT2D eigenvalue weighted by molar-refractivity contribution is -0.137. The fourth-order valence-corrected chi connectivity index (χ4v) is 4.00. The van der Waals surface area contributed by atoms with Crippen LogP contribution in [-0.2, 0) is 4.79 Å². The number of halogens is 2. The Morgan fingerprint density at radius 2 is 1.83 bits per heavy atom. The number of likely N-dealkylation sites (tertiary alicyclic amines) is 1. The summed E-state index contributed by atoms with van der Waals surface area (Å²) in [6.45, 7) is 0.873. The lowest BCUT2D eigenvalue weighted by Crippen LogP contribution is -2.38. The van der Waals surface area contributed by atoms with E-state index in [0.717, 1.165) is 43.7 Å². The van der Waals surface area contributed by atoms with Gasteiger partial charge in [0.25, 0.3) is 0 Å². The minimum absolute atomic E-state index is 0. The van der Waals surface area contributed by atoms with Crippen LogP contribution in [0.3, 0.4) is 0 Å². The average molecular weight is 357 g/mol. The minimum Gasteiger partial charge on any atom is -0.335 e. The summed E-state index contributed by atoms with van der Waals surface area (Å²) < 4.78 is 0. The van der Waals surface area contributed by atoms with E-state index in [1.165, 1.54) is 18.4 Å². The third kappa shape index (κ3) is 4.40. The van der Waals surface area contributed by atoms with E-state index in [1.807, 2.05) is 12.1 Å². The molecule has 0 spiro atoms. The number of amides is 1. The highest BCUT2D eigenvalue weighted by Gasteiger charge is 2.34. The first-order valence-corrected chi connectivity index (χ1v) is 8.84. The van der Waals surface area contributed by atoms with E-state index in [4.69, 9.17) is 17.3 Å². The Balaban J connectivity index is 0.00000192. The van der Waals surface area contributed by atoms with Crippen LogP contribution >= 0.6 is 24.0 Å². The van der Waals surface area contributed by atoms with Gasteiger partial charge in [0.1, 0.15) is 0 Å². The zero-order chi connectivity index (χ0) is 15.5. The summed E-state index contributed by atoms with van der Waals surface area (Å²) in [6.07, 6.45) is 7.32. The standard InChI is InChI=1S/C18H25ClN2O.ClH/c19-15-8-5-13(6-9-15)17-4-2-1-3-11-21(17)18(22)14-7-10-16(20)12-14;/h5-6,8-9,14,16-17H,1-4,7,10-12,20H2;1H. The lowest BCUT2D eigenvalue weighted by atomic mass is 9.98. The monoisotopic (exact) mass is 356 g/mol.